The summed E-state index contributed by atoms with van der Waals surface area (Å²) < 4.78 is 5.33. The smallest absolute Gasteiger partial charge is 0.270 e. The minimum atomic E-state index is -0.323. The molecule has 1 saturated heterocycles. The van der Waals surface area contributed by atoms with Gasteiger partial charge in [-0.15, -0.1) is 0 Å². The largest absolute Gasteiger partial charge is 0.379 e. The lowest BCUT2D eigenvalue weighted by Crippen LogP contribution is -2.46. The number of ether oxygens (including phenoxy) is 1. The zero-order valence-corrected chi connectivity index (χ0v) is 11.9. The minimum absolute atomic E-state index is 0.217. The Kier molecular flexibility index (Phi) is 3.36. The van der Waals surface area contributed by atoms with Gasteiger partial charge in [-0.3, -0.25) is 4.79 Å². The van der Waals surface area contributed by atoms with E-state index in [4.69, 9.17) is 16.3 Å². The number of hydrogen-bond donors (Lipinski definition) is 1. The first-order chi connectivity index (χ1) is 9.57. The van der Waals surface area contributed by atoms with Crippen LogP contribution in [-0.2, 0) is 4.74 Å². The summed E-state index contributed by atoms with van der Waals surface area (Å²) in [4.78, 5) is 16.7. The molecule has 20 heavy (non-hydrogen) atoms. The van der Waals surface area contributed by atoms with Crippen LogP contribution in [0.4, 0.5) is 0 Å². The summed E-state index contributed by atoms with van der Waals surface area (Å²) in [6.07, 6.45) is 0.806. The van der Waals surface area contributed by atoms with Gasteiger partial charge < -0.3 is 10.1 Å². The zero-order chi connectivity index (χ0) is 14.2. The van der Waals surface area contributed by atoms with E-state index < -0.39 is 0 Å². The van der Waals surface area contributed by atoms with E-state index in [1.165, 1.54) is 0 Å². The predicted octanol–water partition coefficient (Wildman–Crippen LogP) is 2.80. The van der Waals surface area contributed by atoms with E-state index in [1.54, 1.807) is 6.07 Å². The van der Waals surface area contributed by atoms with E-state index >= 15 is 0 Å². The number of benzene rings is 1. The summed E-state index contributed by atoms with van der Waals surface area (Å²) in [5, 5.41) is 4.36. The van der Waals surface area contributed by atoms with Gasteiger partial charge in [-0.1, -0.05) is 29.8 Å². The van der Waals surface area contributed by atoms with Gasteiger partial charge in [-0.2, -0.15) is 0 Å². The first-order valence-corrected chi connectivity index (χ1v) is 6.91. The van der Waals surface area contributed by atoms with Gasteiger partial charge in [0.05, 0.1) is 22.7 Å². The van der Waals surface area contributed by atoms with Gasteiger partial charge in [0.25, 0.3) is 5.91 Å². The maximum absolute atomic E-state index is 12.3. The molecule has 1 aromatic heterocycles. The second-order valence-corrected chi connectivity index (χ2v) is 5.73. The van der Waals surface area contributed by atoms with Crippen molar-refractivity contribution < 1.29 is 9.53 Å². The van der Waals surface area contributed by atoms with Crippen LogP contribution < -0.4 is 5.32 Å². The number of carbonyl (C=O) groups is 1. The van der Waals surface area contributed by atoms with E-state index in [9.17, 15) is 4.79 Å². The molecule has 1 amide bonds. The third-order valence-corrected chi connectivity index (χ3v) is 3.85. The molecule has 0 aliphatic carbocycles. The number of aromatic nitrogens is 1. The number of para-hydroxylation sites is 1. The topological polar surface area (TPSA) is 51.2 Å². The fourth-order valence-corrected chi connectivity index (χ4v) is 2.62. The number of carbonyl (C=O) groups excluding carboxylic acids is 1. The quantitative estimate of drug-likeness (QED) is 0.925. The molecule has 1 unspecified atom stereocenters. The maximum atomic E-state index is 12.3. The lowest BCUT2D eigenvalue weighted by molar-refractivity contribution is 0.0885. The van der Waals surface area contributed by atoms with Crippen molar-refractivity contribution in [1.82, 2.24) is 10.3 Å². The molecule has 1 N–H and O–H groups in total. The molecule has 3 rings (SSSR count). The Morgan fingerprint density at radius 3 is 3.00 bits per heavy atom. The van der Waals surface area contributed by atoms with E-state index in [-0.39, 0.29) is 11.4 Å². The van der Waals surface area contributed by atoms with Gasteiger partial charge >= 0.3 is 0 Å². The minimum Gasteiger partial charge on any atom is -0.379 e. The van der Waals surface area contributed by atoms with Gasteiger partial charge in [-0.25, -0.2) is 4.98 Å². The number of hydrogen-bond acceptors (Lipinski definition) is 3. The summed E-state index contributed by atoms with van der Waals surface area (Å²) in [5.41, 5.74) is 0.733. The van der Waals surface area contributed by atoms with Crippen LogP contribution >= 0.6 is 11.6 Å². The standard InChI is InChI=1S/C15H15ClN2O2/c1-15(6-7-20-9-15)18-14(19)13-8-11(16)10-4-2-3-5-12(10)17-13/h2-5,8H,6-7,9H2,1H3,(H,18,19). The molecule has 0 bridgehead atoms. The van der Waals surface area contributed by atoms with Crippen LogP contribution in [0.25, 0.3) is 10.9 Å². The summed E-state index contributed by atoms with van der Waals surface area (Å²) in [6, 6.07) is 9.11. The van der Waals surface area contributed by atoms with Crippen molar-refractivity contribution >= 4 is 28.4 Å². The third kappa shape index (κ3) is 2.49. The molecule has 1 atom stereocenters. The van der Waals surface area contributed by atoms with Gasteiger partial charge in [0.1, 0.15) is 5.69 Å². The van der Waals surface area contributed by atoms with Crippen molar-refractivity contribution in [3.05, 3.63) is 41.0 Å². The average Bonchev–Trinajstić information content (AvgIpc) is 2.85. The van der Waals surface area contributed by atoms with Gasteiger partial charge in [0.2, 0.25) is 0 Å². The van der Waals surface area contributed by atoms with Crippen molar-refractivity contribution in [1.29, 1.82) is 0 Å². The van der Waals surface area contributed by atoms with E-state index in [2.05, 4.69) is 10.3 Å². The lowest BCUT2D eigenvalue weighted by atomic mass is 10.0. The molecular formula is C15H15ClN2O2. The Morgan fingerprint density at radius 2 is 2.25 bits per heavy atom. The molecule has 5 heteroatoms. The Labute approximate surface area is 122 Å². The first-order valence-electron chi connectivity index (χ1n) is 6.53. The van der Waals surface area contributed by atoms with Gasteiger partial charge in [0, 0.05) is 12.0 Å². The number of rotatable bonds is 2. The SMILES string of the molecule is CC1(NC(=O)c2cc(Cl)c3ccccc3n2)CCOC1. The van der Waals surface area contributed by atoms with Crippen LogP contribution in [0, 0.1) is 0 Å². The van der Waals surface area contributed by atoms with Crippen LogP contribution in [0.3, 0.4) is 0 Å². The fraction of sp³-hybridized carbons (Fsp3) is 0.333. The summed E-state index contributed by atoms with van der Waals surface area (Å²) >= 11 is 6.21. The Bertz CT molecular complexity index is 666. The number of fused-ring (bicyclic) bond motifs is 1. The first kappa shape index (κ1) is 13.3. The number of halogens is 1. The van der Waals surface area contributed by atoms with Crippen molar-refractivity contribution in [3.63, 3.8) is 0 Å². The summed E-state index contributed by atoms with van der Waals surface area (Å²) in [7, 11) is 0. The number of nitrogens with one attached hydrogen (secondary N) is 1. The molecule has 4 nitrogen and oxygen atoms in total. The van der Waals surface area contributed by atoms with Crippen molar-refractivity contribution in [2.45, 2.75) is 18.9 Å². The molecule has 2 aromatic rings. The number of nitrogens with zero attached hydrogens (tertiary/aromatic N) is 1. The molecule has 0 spiro atoms. The molecule has 2 heterocycles. The summed E-state index contributed by atoms with van der Waals surface area (Å²) in [5.74, 6) is -0.217. The van der Waals surface area contributed by atoms with Crippen molar-refractivity contribution in [2.24, 2.45) is 0 Å². The van der Waals surface area contributed by atoms with Crippen molar-refractivity contribution in [2.75, 3.05) is 13.2 Å². The van der Waals surface area contributed by atoms with Crippen LogP contribution in [-0.4, -0.2) is 29.6 Å². The van der Waals surface area contributed by atoms with Crippen LogP contribution in [0.15, 0.2) is 30.3 Å². The normalized spacial score (nSPS) is 22.1. The Hall–Kier alpha value is -1.65. The average molecular weight is 291 g/mol. The second kappa shape index (κ2) is 5.04. The number of amides is 1. The molecule has 1 aliphatic heterocycles. The fourth-order valence-electron chi connectivity index (χ4n) is 2.35. The summed E-state index contributed by atoms with van der Waals surface area (Å²) in [6.45, 7) is 3.17. The molecular weight excluding hydrogens is 276 g/mol. The second-order valence-electron chi connectivity index (χ2n) is 5.32. The highest BCUT2D eigenvalue weighted by molar-refractivity contribution is 6.35. The lowest BCUT2D eigenvalue weighted by Gasteiger charge is -2.23. The zero-order valence-electron chi connectivity index (χ0n) is 11.1. The maximum Gasteiger partial charge on any atom is 0.270 e. The van der Waals surface area contributed by atoms with E-state index in [1.807, 2.05) is 31.2 Å². The van der Waals surface area contributed by atoms with E-state index in [0.717, 1.165) is 17.3 Å². The Morgan fingerprint density at radius 1 is 1.45 bits per heavy atom. The highest BCUT2D eigenvalue weighted by Gasteiger charge is 2.32. The van der Waals surface area contributed by atoms with Gasteiger partial charge in [0.15, 0.2) is 0 Å². The van der Waals surface area contributed by atoms with Crippen molar-refractivity contribution in [3.8, 4) is 0 Å². The molecule has 0 radical (unpaired) electrons. The highest BCUT2D eigenvalue weighted by Crippen LogP contribution is 2.24. The van der Waals surface area contributed by atoms with Crippen LogP contribution in [0.1, 0.15) is 23.8 Å². The van der Waals surface area contributed by atoms with Crippen LogP contribution in [0.5, 0.6) is 0 Å². The highest BCUT2D eigenvalue weighted by atomic mass is 35.5. The third-order valence-electron chi connectivity index (χ3n) is 3.53. The van der Waals surface area contributed by atoms with Crippen LogP contribution in [0.2, 0.25) is 5.02 Å². The molecule has 1 aliphatic rings. The van der Waals surface area contributed by atoms with Gasteiger partial charge in [-0.05, 0) is 25.5 Å². The predicted molar refractivity (Wildman–Crippen MR) is 78.1 cm³/mol. The molecule has 0 saturated carbocycles. The number of pyridine rings is 1. The molecule has 1 fully saturated rings. The molecule has 104 valence electrons. The van der Waals surface area contributed by atoms with E-state index in [0.29, 0.717) is 23.9 Å². The monoisotopic (exact) mass is 290 g/mol. The Balaban J connectivity index is 1.91. The molecule has 1 aromatic carbocycles.